The van der Waals surface area contributed by atoms with Crippen LogP contribution in [0.5, 0.6) is 17.2 Å². The highest BCUT2D eigenvalue weighted by atomic mass is 32.2. The van der Waals surface area contributed by atoms with Crippen molar-refractivity contribution in [1.29, 1.82) is 0 Å². The Labute approximate surface area is 171 Å². The Balaban J connectivity index is 1.88. The molecule has 0 bridgehead atoms. The zero-order valence-corrected chi connectivity index (χ0v) is 17.4. The summed E-state index contributed by atoms with van der Waals surface area (Å²) in [6.07, 6.45) is 3.71. The third-order valence-electron chi connectivity index (χ3n) is 4.86. The van der Waals surface area contributed by atoms with E-state index in [1.165, 1.54) is 29.6 Å². The molecule has 156 valence electrons. The van der Waals surface area contributed by atoms with Gasteiger partial charge < -0.3 is 14.2 Å². The molecule has 1 fully saturated rings. The van der Waals surface area contributed by atoms with Crippen LogP contribution in [0.4, 0.5) is 0 Å². The summed E-state index contributed by atoms with van der Waals surface area (Å²) < 4.78 is 43.3. The maximum atomic E-state index is 13.1. The van der Waals surface area contributed by atoms with E-state index in [-0.39, 0.29) is 16.2 Å². The first-order valence-corrected chi connectivity index (χ1v) is 10.9. The number of methoxy groups -OCH3 is 2. The van der Waals surface area contributed by atoms with Crippen molar-refractivity contribution in [3.63, 3.8) is 0 Å². The van der Waals surface area contributed by atoms with Crippen LogP contribution in [-0.2, 0) is 10.0 Å². The monoisotopic (exact) mass is 419 g/mol. The Morgan fingerprint density at radius 1 is 0.862 bits per heavy atom. The highest BCUT2D eigenvalue weighted by Crippen LogP contribution is 2.27. The summed E-state index contributed by atoms with van der Waals surface area (Å²) in [6, 6.07) is 10.8. The number of carbonyl (C=O) groups is 1. The molecule has 2 aromatic rings. The van der Waals surface area contributed by atoms with Gasteiger partial charge in [-0.05, 0) is 55.3 Å². The molecule has 3 rings (SSSR count). The van der Waals surface area contributed by atoms with Gasteiger partial charge in [0.05, 0.1) is 19.1 Å². The average Bonchev–Trinajstić information content (AvgIpc) is 3.04. The SMILES string of the molecule is COc1ccc(OC(=O)c2cc(S(=O)(=O)N3CCCCCC3)ccc2OC)cc1. The number of carbonyl (C=O) groups excluding carboxylic acids is 1. The van der Waals surface area contributed by atoms with Crippen LogP contribution in [0.25, 0.3) is 0 Å². The Morgan fingerprint density at radius 2 is 1.48 bits per heavy atom. The number of hydrogen-bond donors (Lipinski definition) is 0. The summed E-state index contributed by atoms with van der Waals surface area (Å²) in [5.41, 5.74) is 0.0548. The largest absolute Gasteiger partial charge is 0.497 e. The predicted octanol–water partition coefficient (Wildman–Crippen LogP) is 3.49. The molecule has 1 aliphatic heterocycles. The van der Waals surface area contributed by atoms with E-state index in [0.29, 0.717) is 24.6 Å². The Morgan fingerprint density at radius 3 is 2.07 bits per heavy atom. The average molecular weight is 419 g/mol. The first-order valence-electron chi connectivity index (χ1n) is 9.50. The quantitative estimate of drug-likeness (QED) is 0.527. The van der Waals surface area contributed by atoms with E-state index in [2.05, 4.69) is 0 Å². The first-order chi connectivity index (χ1) is 14.0. The van der Waals surface area contributed by atoms with Gasteiger partial charge in [-0.3, -0.25) is 0 Å². The fraction of sp³-hybridized carbons (Fsp3) is 0.381. The van der Waals surface area contributed by atoms with Crippen molar-refractivity contribution >= 4 is 16.0 Å². The molecule has 0 radical (unpaired) electrons. The van der Waals surface area contributed by atoms with Crippen molar-refractivity contribution in [3.8, 4) is 17.2 Å². The molecule has 1 saturated heterocycles. The van der Waals surface area contributed by atoms with E-state index in [1.807, 2.05) is 0 Å². The zero-order valence-electron chi connectivity index (χ0n) is 16.6. The molecule has 0 amide bonds. The molecule has 0 unspecified atom stereocenters. The number of ether oxygens (including phenoxy) is 3. The molecule has 0 atom stereocenters. The lowest BCUT2D eigenvalue weighted by Crippen LogP contribution is -2.32. The summed E-state index contributed by atoms with van der Waals surface area (Å²) >= 11 is 0. The summed E-state index contributed by atoms with van der Waals surface area (Å²) in [6.45, 7) is 0.972. The van der Waals surface area contributed by atoms with Gasteiger partial charge in [-0.1, -0.05) is 12.8 Å². The Hall–Kier alpha value is -2.58. The van der Waals surface area contributed by atoms with Crippen LogP contribution in [0.1, 0.15) is 36.0 Å². The smallest absolute Gasteiger partial charge is 0.347 e. The molecule has 0 spiro atoms. The van der Waals surface area contributed by atoms with Crippen LogP contribution in [-0.4, -0.2) is 46.0 Å². The van der Waals surface area contributed by atoms with Gasteiger partial charge in [0.2, 0.25) is 10.0 Å². The van der Waals surface area contributed by atoms with Crippen molar-refractivity contribution in [1.82, 2.24) is 4.31 Å². The van der Waals surface area contributed by atoms with Crippen LogP contribution in [0, 0.1) is 0 Å². The summed E-state index contributed by atoms with van der Waals surface area (Å²) in [4.78, 5) is 12.8. The summed E-state index contributed by atoms with van der Waals surface area (Å²) in [7, 11) is -0.732. The Bertz CT molecular complexity index is 948. The van der Waals surface area contributed by atoms with E-state index in [9.17, 15) is 13.2 Å². The van der Waals surface area contributed by atoms with Crippen molar-refractivity contribution in [2.45, 2.75) is 30.6 Å². The molecule has 0 aliphatic carbocycles. The van der Waals surface area contributed by atoms with E-state index in [0.717, 1.165) is 25.7 Å². The highest BCUT2D eigenvalue weighted by molar-refractivity contribution is 7.89. The van der Waals surface area contributed by atoms with Crippen molar-refractivity contribution in [2.75, 3.05) is 27.3 Å². The third-order valence-corrected chi connectivity index (χ3v) is 6.76. The van der Waals surface area contributed by atoms with Crippen LogP contribution in [0.15, 0.2) is 47.4 Å². The minimum atomic E-state index is -3.69. The van der Waals surface area contributed by atoms with Crippen LogP contribution in [0.2, 0.25) is 0 Å². The molecule has 2 aromatic carbocycles. The molecule has 1 heterocycles. The van der Waals surface area contributed by atoms with E-state index in [1.54, 1.807) is 31.4 Å². The van der Waals surface area contributed by atoms with Crippen LogP contribution in [0.3, 0.4) is 0 Å². The highest BCUT2D eigenvalue weighted by Gasteiger charge is 2.27. The maximum absolute atomic E-state index is 13.1. The number of rotatable bonds is 6. The Kier molecular flexibility index (Phi) is 6.76. The van der Waals surface area contributed by atoms with Crippen LogP contribution < -0.4 is 14.2 Å². The van der Waals surface area contributed by atoms with E-state index < -0.39 is 16.0 Å². The zero-order chi connectivity index (χ0) is 20.9. The molecular weight excluding hydrogens is 394 g/mol. The van der Waals surface area contributed by atoms with Gasteiger partial charge in [-0.15, -0.1) is 0 Å². The maximum Gasteiger partial charge on any atom is 0.347 e. The standard InChI is InChI=1S/C21H25NO6S/c1-26-16-7-9-17(10-8-16)28-21(23)19-15-18(11-12-20(19)27-2)29(24,25)22-13-5-3-4-6-14-22/h7-12,15H,3-6,13-14H2,1-2H3. The molecule has 1 aliphatic rings. The number of nitrogens with zero attached hydrogens (tertiary/aromatic N) is 1. The van der Waals surface area contributed by atoms with Crippen LogP contribution >= 0.6 is 0 Å². The lowest BCUT2D eigenvalue weighted by Gasteiger charge is -2.20. The normalized spacial score (nSPS) is 15.4. The second kappa shape index (κ2) is 9.28. The van der Waals surface area contributed by atoms with Gasteiger partial charge in [0.1, 0.15) is 22.8 Å². The minimum Gasteiger partial charge on any atom is -0.497 e. The van der Waals surface area contributed by atoms with Gasteiger partial charge in [-0.25, -0.2) is 13.2 Å². The van der Waals surface area contributed by atoms with E-state index in [4.69, 9.17) is 14.2 Å². The fourth-order valence-corrected chi connectivity index (χ4v) is 4.79. The van der Waals surface area contributed by atoms with Crippen molar-refractivity contribution < 1.29 is 27.4 Å². The predicted molar refractivity (Wildman–Crippen MR) is 108 cm³/mol. The summed E-state index contributed by atoms with van der Waals surface area (Å²) in [5, 5.41) is 0. The lowest BCUT2D eigenvalue weighted by atomic mass is 10.2. The molecule has 7 nitrogen and oxygen atoms in total. The van der Waals surface area contributed by atoms with Gasteiger partial charge in [0, 0.05) is 13.1 Å². The van der Waals surface area contributed by atoms with Crippen molar-refractivity contribution in [3.05, 3.63) is 48.0 Å². The fourth-order valence-electron chi connectivity index (χ4n) is 3.24. The molecule has 0 aromatic heterocycles. The van der Waals surface area contributed by atoms with E-state index >= 15 is 0 Å². The number of esters is 1. The minimum absolute atomic E-state index is 0.0548. The second-order valence-electron chi connectivity index (χ2n) is 6.75. The number of sulfonamides is 1. The first kappa shape index (κ1) is 21.1. The molecular formula is C21H25NO6S. The van der Waals surface area contributed by atoms with Crippen molar-refractivity contribution in [2.24, 2.45) is 0 Å². The molecule has 0 N–H and O–H groups in total. The number of hydrogen-bond acceptors (Lipinski definition) is 6. The lowest BCUT2D eigenvalue weighted by molar-refractivity contribution is 0.0731. The molecule has 29 heavy (non-hydrogen) atoms. The number of benzene rings is 2. The van der Waals surface area contributed by atoms with Gasteiger partial charge >= 0.3 is 5.97 Å². The van der Waals surface area contributed by atoms with Gasteiger partial charge in [0.25, 0.3) is 0 Å². The molecule has 8 heteroatoms. The summed E-state index contributed by atoms with van der Waals surface area (Å²) in [5.74, 6) is 0.504. The molecule has 0 saturated carbocycles. The second-order valence-corrected chi connectivity index (χ2v) is 8.68. The van der Waals surface area contributed by atoms with Gasteiger partial charge in [-0.2, -0.15) is 4.31 Å². The third kappa shape index (κ3) is 4.89. The topological polar surface area (TPSA) is 82.1 Å². The van der Waals surface area contributed by atoms with Gasteiger partial charge in [0.15, 0.2) is 0 Å².